The van der Waals surface area contributed by atoms with Gasteiger partial charge in [0.05, 0.1) is 15.7 Å². The third-order valence-corrected chi connectivity index (χ3v) is 2.94. The Morgan fingerprint density at radius 2 is 1.72 bits per heavy atom. The summed E-state index contributed by atoms with van der Waals surface area (Å²) in [5.41, 5.74) is 10.1. The predicted molar refractivity (Wildman–Crippen MR) is 72.7 cm³/mol. The minimum atomic E-state index is -0.292. The lowest BCUT2D eigenvalue weighted by molar-refractivity contribution is 0.102. The van der Waals surface area contributed by atoms with Crippen LogP contribution in [-0.4, -0.2) is 5.91 Å². The molecular weight excluding hydrogens is 271 g/mol. The third-order valence-electron chi connectivity index (χ3n) is 2.32. The van der Waals surface area contributed by atoms with Crippen LogP contribution < -0.4 is 11.1 Å². The smallest absolute Gasteiger partial charge is 0.255 e. The van der Waals surface area contributed by atoms with Gasteiger partial charge in [-0.2, -0.15) is 0 Å². The summed E-state index contributed by atoms with van der Waals surface area (Å²) in [5, 5.41) is 2.98. The summed E-state index contributed by atoms with van der Waals surface area (Å²) in [7, 11) is 0. The minimum absolute atomic E-state index is 0.126. The predicted octanol–water partition coefficient (Wildman–Crippen LogP) is 3.95. The summed E-state index contributed by atoms with van der Waals surface area (Å²) in [6, 6.07) is 11.4. The van der Waals surface area contributed by atoms with Crippen molar-refractivity contribution in [3.05, 3.63) is 58.1 Å². The zero-order chi connectivity index (χ0) is 13.1. The fourth-order valence-electron chi connectivity index (χ4n) is 1.42. The second-order valence-electron chi connectivity index (χ2n) is 3.60. The lowest BCUT2D eigenvalue weighted by Gasteiger charge is -2.08. The van der Waals surface area contributed by atoms with E-state index in [0.29, 0.717) is 11.3 Å². The molecule has 0 spiro atoms. The topological polar surface area (TPSA) is 51.4 Å². The molecule has 2 rings (SSSR count). The highest BCUT2D eigenvalue weighted by atomic mass is 35.5. The molecule has 0 fully saturated rings. The standard InChI is InChI=1S/C13H8Cl2N2O/c14-9-7-12(10(15)6-11(9)16)17-13(18)8-4-2-1-3-5-8/h1-7H,(H,17,18). The van der Waals surface area contributed by atoms with Gasteiger partial charge in [-0.1, -0.05) is 41.4 Å². The minimum Gasteiger partial charge on any atom is -0.321 e. The van der Waals surface area contributed by atoms with Crippen molar-refractivity contribution in [2.24, 2.45) is 0 Å². The average Bonchev–Trinajstić information content (AvgIpc) is 2.37. The summed E-state index contributed by atoms with van der Waals surface area (Å²) in [6.45, 7) is 0. The Morgan fingerprint density at radius 3 is 2.39 bits per heavy atom. The van der Waals surface area contributed by atoms with E-state index in [9.17, 15) is 10.5 Å². The van der Waals surface area contributed by atoms with Crippen LogP contribution in [0.25, 0.3) is 0 Å². The van der Waals surface area contributed by atoms with Crippen molar-refractivity contribution in [1.82, 2.24) is 5.73 Å². The van der Waals surface area contributed by atoms with Crippen LogP contribution in [0.1, 0.15) is 10.4 Å². The van der Waals surface area contributed by atoms with Crippen molar-refractivity contribution >= 4 is 40.5 Å². The van der Waals surface area contributed by atoms with Crippen molar-refractivity contribution in [1.29, 1.82) is 0 Å². The molecule has 0 saturated carbocycles. The fourth-order valence-corrected chi connectivity index (χ4v) is 1.78. The first-order valence-corrected chi connectivity index (χ1v) is 5.88. The Bertz CT molecular complexity index is 585. The van der Waals surface area contributed by atoms with Gasteiger partial charge in [0, 0.05) is 5.56 Å². The van der Waals surface area contributed by atoms with Crippen LogP contribution >= 0.6 is 23.2 Å². The number of anilines is 1. The third kappa shape index (κ3) is 2.75. The van der Waals surface area contributed by atoms with Crippen LogP contribution in [0.5, 0.6) is 0 Å². The molecule has 2 aromatic carbocycles. The van der Waals surface area contributed by atoms with E-state index in [4.69, 9.17) is 23.2 Å². The second kappa shape index (κ2) is 5.29. The Labute approximate surface area is 115 Å². The second-order valence-corrected chi connectivity index (χ2v) is 4.42. The number of benzene rings is 2. The number of hydrogen-bond acceptors (Lipinski definition) is 1. The molecule has 0 atom stereocenters. The first-order valence-electron chi connectivity index (χ1n) is 5.12. The maximum atomic E-state index is 11.9. The van der Waals surface area contributed by atoms with E-state index in [1.165, 1.54) is 12.1 Å². The van der Waals surface area contributed by atoms with Crippen LogP contribution in [0.2, 0.25) is 10.0 Å². The number of nitrogens with zero attached hydrogens (tertiary/aromatic N) is 1. The summed E-state index contributed by atoms with van der Waals surface area (Å²) < 4.78 is 0. The Hall–Kier alpha value is -1.71. The zero-order valence-electron chi connectivity index (χ0n) is 9.15. The molecule has 0 aliphatic carbocycles. The maximum Gasteiger partial charge on any atom is 0.255 e. The van der Waals surface area contributed by atoms with Crippen molar-refractivity contribution in [2.45, 2.75) is 0 Å². The number of rotatable bonds is 2. The largest absolute Gasteiger partial charge is 0.321 e. The molecule has 0 unspecified atom stereocenters. The van der Waals surface area contributed by atoms with Gasteiger partial charge in [-0.05, 0) is 24.3 Å². The highest BCUT2D eigenvalue weighted by molar-refractivity contribution is 6.37. The molecule has 90 valence electrons. The summed E-state index contributed by atoms with van der Waals surface area (Å²) >= 11 is 11.7. The van der Waals surface area contributed by atoms with E-state index >= 15 is 0 Å². The van der Waals surface area contributed by atoms with Gasteiger partial charge in [0.2, 0.25) is 0 Å². The number of amides is 1. The molecule has 18 heavy (non-hydrogen) atoms. The van der Waals surface area contributed by atoms with Crippen molar-refractivity contribution in [3.63, 3.8) is 0 Å². The van der Waals surface area contributed by atoms with Gasteiger partial charge < -0.3 is 5.32 Å². The van der Waals surface area contributed by atoms with E-state index in [1.54, 1.807) is 24.3 Å². The molecule has 2 radical (unpaired) electrons. The number of carbonyl (C=O) groups is 1. The highest BCUT2D eigenvalue weighted by Crippen LogP contribution is 2.31. The Kier molecular flexibility index (Phi) is 3.75. The fraction of sp³-hybridized carbons (Fsp3) is 0. The molecule has 0 aromatic heterocycles. The Morgan fingerprint density at radius 1 is 1.06 bits per heavy atom. The lowest BCUT2D eigenvalue weighted by Crippen LogP contribution is -2.11. The summed E-state index contributed by atoms with van der Waals surface area (Å²) in [6.07, 6.45) is 0. The van der Waals surface area contributed by atoms with E-state index in [2.05, 4.69) is 5.32 Å². The molecule has 0 aliphatic rings. The van der Waals surface area contributed by atoms with Crippen molar-refractivity contribution in [3.8, 4) is 0 Å². The number of nitrogens with one attached hydrogen (secondary N) is 1. The molecule has 3 nitrogen and oxygen atoms in total. The maximum absolute atomic E-state index is 11.9. The van der Waals surface area contributed by atoms with E-state index < -0.39 is 0 Å². The van der Waals surface area contributed by atoms with Gasteiger partial charge in [0.25, 0.3) is 5.91 Å². The number of hydrogen-bond donors (Lipinski definition) is 1. The average molecular weight is 279 g/mol. The van der Waals surface area contributed by atoms with E-state index in [1.807, 2.05) is 6.07 Å². The van der Waals surface area contributed by atoms with Gasteiger partial charge in [-0.3, -0.25) is 4.79 Å². The van der Waals surface area contributed by atoms with Crippen LogP contribution in [-0.2, 0) is 0 Å². The quantitative estimate of drug-likeness (QED) is 0.889. The number of carbonyl (C=O) groups excluding carboxylic acids is 1. The molecule has 5 heteroatoms. The van der Waals surface area contributed by atoms with Crippen LogP contribution in [0.15, 0.2) is 42.5 Å². The van der Waals surface area contributed by atoms with Crippen molar-refractivity contribution < 1.29 is 4.79 Å². The van der Waals surface area contributed by atoms with Crippen LogP contribution in [0, 0.1) is 0 Å². The molecule has 0 saturated heterocycles. The highest BCUT2D eigenvalue weighted by Gasteiger charge is 2.10. The van der Waals surface area contributed by atoms with Crippen LogP contribution in [0.3, 0.4) is 0 Å². The molecule has 0 heterocycles. The zero-order valence-corrected chi connectivity index (χ0v) is 10.7. The summed E-state index contributed by atoms with van der Waals surface area (Å²) in [4.78, 5) is 11.9. The molecule has 1 amide bonds. The van der Waals surface area contributed by atoms with Gasteiger partial charge in [0.1, 0.15) is 5.69 Å². The molecule has 0 aliphatic heterocycles. The molecule has 2 aromatic rings. The molecular formula is C13H8Cl2N2O. The van der Waals surface area contributed by atoms with Crippen LogP contribution in [0.4, 0.5) is 11.4 Å². The van der Waals surface area contributed by atoms with Gasteiger partial charge in [-0.15, -0.1) is 5.73 Å². The SMILES string of the molecule is [N]c1cc(Cl)c(NC(=O)c2ccccc2)cc1Cl. The Balaban J connectivity index is 2.25. The summed E-state index contributed by atoms with van der Waals surface area (Å²) in [5.74, 6) is -0.292. The van der Waals surface area contributed by atoms with E-state index in [-0.39, 0.29) is 21.6 Å². The molecule has 1 N–H and O–H groups in total. The first kappa shape index (κ1) is 12.7. The number of halogens is 2. The van der Waals surface area contributed by atoms with Crippen molar-refractivity contribution in [2.75, 3.05) is 5.32 Å². The normalized spacial score (nSPS) is 10.1. The van der Waals surface area contributed by atoms with Gasteiger partial charge in [-0.25, -0.2) is 0 Å². The monoisotopic (exact) mass is 278 g/mol. The van der Waals surface area contributed by atoms with E-state index in [0.717, 1.165) is 0 Å². The molecule has 0 bridgehead atoms. The van der Waals surface area contributed by atoms with Gasteiger partial charge >= 0.3 is 0 Å². The van der Waals surface area contributed by atoms with Gasteiger partial charge in [0.15, 0.2) is 0 Å². The first-order chi connectivity index (χ1) is 8.58. The lowest BCUT2D eigenvalue weighted by atomic mass is 10.2.